The van der Waals surface area contributed by atoms with Crippen LogP contribution >= 0.6 is 0 Å². The zero-order chi connectivity index (χ0) is 21.0. The first-order valence-electron chi connectivity index (χ1n) is 8.33. The first-order chi connectivity index (χ1) is 13.8. The fourth-order valence-electron chi connectivity index (χ4n) is 2.71. The van der Waals surface area contributed by atoms with Gasteiger partial charge in [0.05, 0.1) is 19.9 Å². The molecule has 29 heavy (non-hydrogen) atoms. The van der Waals surface area contributed by atoms with Gasteiger partial charge in [0.25, 0.3) is 0 Å². The summed E-state index contributed by atoms with van der Waals surface area (Å²) in [6.07, 6.45) is 0. The topological polar surface area (TPSA) is 129 Å². The predicted molar refractivity (Wildman–Crippen MR) is 110 cm³/mol. The number of hydrogen-bond donors (Lipinski definition) is 3. The van der Waals surface area contributed by atoms with Crippen LogP contribution in [0.5, 0.6) is 17.2 Å². The van der Waals surface area contributed by atoms with Crippen molar-refractivity contribution in [2.24, 2.45) is 5.14 Å². The molecule has 3 aromatic rings. The Hall–Kier alpha value is -3.50. The molecule has 10 heteroatoms. The summed E-state index contributed by atoms with van der Waals surface area (Å²) < 4.78 is 37.4. The molecule has 9 nitrogen and oxygen atoms in total. The van der Waals surface area contributed by atoms with Gasteiger partial charge in [-0.05, 0) is 23.6 Å². The molecule has 0 bridgehead atoms. The van der Waals surface area contributed by atoms with Crippen LogP contribution in [0, 0.1) is 0 Å². The van der Waals surface area contributed by atoms with Gasteiger partial charge in [-0.15, -0.1) is 0 Å². The van der Waals surface area contributed by atoms with Gasteiger partial charge >= 0.3 is 16.3 Å². The first kappa shape index (κ1) is 20.2. The van der Waals surface area contributed by atoms with Crippen LogP contribution in [0.4, 0.5) is 16.2 Å². The summed E-state index contributed by atoms with van der Waals surface area (Å²) in [7, 11) is -1.14. The standard InChI is InChI=1S/C19H19N3O6S/c1-26-15-8-13(9-16(10-15)27-2)21-19(23)22-18-5-3-4-12-6-7-14(11-17(12)18)28-29(20,24)25/h3-11H,1-2H3,(H2,20,24,25)(H2,21,22,23). The Bertz CT molecular complexity index is 1140. The van der Waals surface area contributed by atoms with Gasteiger partial charge in [0.1, 0.15) is 17.2 Å². The van der Waals surface area contributed by atoms with E-state index in [4.69, 9.17) is 18.8 Å². The van der Waals surface area contributed by atoms with Crippen LogP contribution in [0.25, 0.3) is 10.8 Å². The van der Waals surface area contributed by atoms with Gasteiger partial charge in [0.2, 0.25) is 0 Å². The number of anilines is 2. The number of urea groups is 1. The Morgan fingerprint density at radius 3 is 2.21 bits per heavy atom. The number of carbonyl (C=O) groups excluding carboxylic acids is 1. The lowest BCUT2D eigenvalue weighted by Gasteiger charge is -2.13. The summed E-state index contributed by atoms with van der Waals surface area (Å²) in [5.41, 5.74) is 0.923. The van der Waals surface area contributed by atoms with E-state index in [0.29, 0.717) is 28.3 Å². The Morgan fingerprint density at radius 2 is 1.59 bits per heavy atom. The normalized spacial score (nSPS) is 11.0. The molecule has 152 valence electrons. The third kappa shape index (κ3) is 5.27. The summed E-state index contributed by atoms with van der Waals surface area (Å²) in [5, 5.41) is 11.7. The molecular weight excluding hydrogens is 398 g/mol. The van der Waals surface area contributed by atoms with Crippen LogP contribution < -0.4 is 29.4 Å². The lowest BCUT2D eigenvalue weighted by atomic mass is 10.1. The van der Waals surface area contributed by atoms with Crippen LogP contribution in [0.1, 0.15) is 0 Å². The average molecular weight is 417 g/mol. The molecule has 0 saturated carbocycles. The number of hydrogen-bond acceptors (Lipinski definition) is 6. The third-order valence-corrected chi connectivity index (χ3v) is 4.35. The van der Waals surface area contributed by atoms with Crippen molar-refractivity contribution in [2.75, 3.05) is 24.9 Å². The van der Waals surface area contributed by atoms with Gasteiger partial charge in [-0.3, -0.25) is 0 Å². The maximum absolute atomic E-state index is 12.5. The summed E-state index contributed by atoms with van der Waals surface area (Å²) in [4.78, 5) is 12.5. The van der Waals surface area contributed by atoms with E-state index >= 15 is 0 Å². The van der Waals surface area contributed by atoms with Crippen molar-refractivity contribution in [3.05, 3.63) is 54.6 Å². The van der Waals surface area contributed by atoms with Crippen molar-refractivity contribution in [1.29, 1.82) is 0 Å². The second-order valence-corrected chi connectivity index (χ2v) is 7.10. The number of benzene rings is 3. The maximum Gasteiger partial charge on any atom is 0.380 e. The van der Waals surface area contributed by atoms with Gasteiger partial charge in [0.15, 0.2) is 0 Å². The SMILES string of the molecule is COc1cc(NC(=O)Nc2cccc3ccc(OS(N)(=O)=O)cc23)cc(OC)c1. The van der Waals surface area contributed by atoms with Crippen LogP contribution in [0.2, 0.25) is 0 Å². The van der Waals surface area contributed by atoms with Crippen molar-refractivity contribution >= 4 is 38.5 Å². The number of nitrogens with one attached hydrogen (secondary N) is 2. The van der Waals surface area contributed by atoms with Gasteiger partial charge in [-0.1, -0.05) is 18.2 Å². The van der Waals surface area contributed by atoms with Crippen LogP contribution in [0.15, 0.2) is 54.6 Å². The molecule has 0 heterocycles. The largest absolute Gasteiger partial charge is 0.497 e. The second-order valence-electron chi connectivity index (χ2n) is 5.95. The third-order valence-electron chi connectivity index (χ3n) is 3.92. The summed E-state index contributed by atoms with van der Waals surface area (Å²) >= 11 is 0. The zero-order valence-corrected chi connectivity index (χ0v) is 16.4. The molecule has 0 atom stereocenters. The lowest BCUT2D eigenvalue weighted by molar-refractivity contribution is 0.262. The maximum atomic E-state index is 12.5. The number of methoxy groups -OCH3 is 2. The van der Waals surface area contributed by atoms with Crippen LogP contribution in [-0.2, 0) is 10.3 Å². The summed E-state index contributed by atoms with van der Waals surface area (Å²) in [6, 6.07) is 14.3. The molecule has 4 N–H and O–H groups in total. The Morgan fingerprint density at radius 1 is 0.897 bits per heavy atom. The molecule has 2 amide bonds. The van der Waals surface area contributed by atoms with Crippen molar-refractivity contribution in [1.82, 2.24) is 0 Å². The van der Waals surface area contributed by atoms with E-state index in [9.17, 15) is 13.2 Å². The minimum absolute atomic E-state index is 0.0344. The van der Waals surface area contributed by atoms with E-state index in [-0.39, 0.29) is 5.75 Å². The van der Waals surface area contributed by atoms with Crippen molar-refractivity contribution in [2.45, 2.75) is 0 Å². The van der Waals surface area contributed by atoms with E-state index < -0.39 is 16.3 Å². The summed E-state index contributed by atoms with van der Waals surface area (Å²) in [6.45, 7) is 0. The molecule has 0 aliphatic rings. The highest BCUT2D eigenvalue weighted by molar-refractivity contribution is 7.84. The molecule has 3 aromatic carbocycles. The van der Waals surface area contributed by atoms with E-state index in [2.05, 4.69) is 10.6 Å². The molecule has 0 aliphatic heterocycles. The van der Waals surface area contributed by atoms with Crippen LogP contribution in [0.3, 0.4) is 0 Å². The Balaban J connectivity index is 1.85. The van der Waals surface area contributed by atoms with Crippen molar-refractivity contribution in [3.63, 3.8) is 0 Å². The molecule has 0 spiro atoms. The monoisotopic (exact) mass is 417 g/mol. The molecule has 0 radical (unpaired) electrons. The smallest absolute Gasteiger partial charge is 0.380 e. The minimum Gasteiger partial charge on any atom is -0.497 e. The van der Waals surface area contributed by atoms with E-state index in [0.717, 1.165) is 5.39 Å². The highest BCUT2D eigenvalue weighted by Crippen LogP contribution is 2.29. The fourth-order valence-corrected chi connectivity index (χ4v) is 3.08. The lowest BCUT2D eigenvalue weighted by Crippen LogP contribution is -2.20. The van der Waals surface area contributed by atoms with E-state index in [1.54, 1.807) is 36.4 Å². The Kier molecular flexibility index (Phi) is 5.76. The average Bonchev–Trinajstić information content (AvgIpc) is 2.66. The molecular formula is C19H19N3O6S. The number of rotatable bonds is 6. The zero-order valence-electron chi connectivity index (χ0n) is 15.6. The minimum atomic E-state index is -4.16. The highest BCUT2D eigenvalue weighted by Gasteiger charge is 2.11. The highest BCUT2D eigenvalue weighted by atomic mass is 32.2. The molecule has 0 unspecified atom stereocenters. The van der Waals surface area contributed by atoms with Gasteiger partial charge in [-0.2, -0.15) is 13.6 Å². The van der Waals surface area contributed by atoms with Gasteiger partial charge < -0.3 is 24.3 Å². The molecule has 0 saturated heterocycles. The number of fused-ring (bicyclic) bond motifs is 1. The number of nitrogens with two attached hydrogens (primary N) is 1. The van der Waals surface area contributed by atoms with Crippen molar-refractivity contribution < 1.29 is 26.9 Å². The predicted octanol–water partition coefficient (Wildman–Crippen LogP) is 3.08. The van der Waals surface area contributed by atoms with Crippen LogP contribution in [-0.4, -0.2) is 28.7 Å². The number of ether oxygens (including phenoxy) is 2. The molecule has 0 aromatic heterocycles. The molecule has 0 aliphatic carbocycles. The summed E-state index contributed by atoms with van der Waals surface area (Å²) in [5.74, 6) is 1.08. The molecule has 3 rings (SSSR count). The van der Waals surface area contributed by atoms with E-state index in [1.807, 2.05) is 6.07 Å². The number of carbonyl (C=O) groups is 1. The molecule has 0 fully saturated rings. The van der Waals surface area contributed by atoms with Gasteiger partial charge in [-0.25, -0.2) is 4.79 Å². The quantitative estimate of drug-likeness (QED) is 0.565. The van der Waals surface area contributed by atoms with Gasteiger partial charge in [0, 0.05) is 29.3 Å². The second kappa shape index (κ2) is 8.25. The Labute approximate surface area is 167 Å². The first-order valence-corrected chi connectivity index (χ1v) is 9.80. The van der Waals surface area contributed by atoms with Crippen molar-refractivity contribution in [3.8, 4) is 17.2 Å². The van der Waals surface area contributed by atoms with E-state index in [1.165, 1.54) is 26.4 Å². The fraction of sp³-hybridized carbons (Fsp3) is 0.105. The number of amides is 2.